The zero-order chi connectivity index (χ0) is 13.7. The molecule has 0 radical (unpaired) electrons. The minimum Gasteiger partial charge on any atom is -0.389 e. The fourth-order valence-electron chi connectivity index (χ4n) is 1.53. The van der Waals surface area contributed by atoms with E-state index in [0.29, 0.717) is 0 Å². The highest BCUT2D eigenvalue weighted by atomic mass is 32.2. The summed E-state index contributed by atoms with van der Waals surface area (Å²) in [5, 5.41) is 2.98. The van der Waals surface area contributed by atoms with Gasteiger partial charge in [-0.1, -0.05) is 19.1 Å². The van der Waals surface area contributed by atoms with Crippen molar-refractivity contribution >= 4 is 34.7 Å². The molecule has 0 aromatic heterocycles. The normalized spacial score (nSPS) is 12.2. The van der Waals surface area contributed by atoms with Gasteiger partial charge in [0.15, 0.2) is 11.6 Å². The van der Waals surface area contributed by atoms with Gasteiger partial charge in [0, 0.05) is 17.4 Å². The third kappa shape index (κ3) is 3.55. The Morgan fingerprint density at radius 2 is 2.11 bits per heavy atom. The van der Waals surface area contributed by atoms with Crippen LogP contribution < -0.4 is 11.1 Å². The van der Waals surface area contributed by atoms with E-state index in [2.05, 4.69) is 17.5 Å². The number of rotatable bonds is 6. The highest BCUT2D eigenvalue weighted by molar-refractivity contribution is 7.98. The quantitative estimate of drug-likeness (QED) is 0.789. The second-order valence-corrected chi connectivity index (χ2v) is 5.21. The van der Waals surface area contributed by atoms with Gasteiger partial charge in [0.1, 0.15) is 4.99 Å². The fraction of sp³-hybridized carbons (Fsp3) is 0.417. The molecule has 0 spiro atoms. The van der Waals surface area contributed by atoms with Crippen LogP contribution in [0.5, 0.6) is 0 Å². The molecule has 100 valence electrons. The second kappa shape index (κ2) is 6.89. The molecule has 0 fully saturated rings. The molecule has 1 atom stereocenters. The smallest absolute Gasteiger partial charge is 0.182 e. The van der Waals surface area contributed by atoms with Gasteiger partial charge in [-0.15, -0.1) is 0 Å². The molecule has 3 N–H and O–H groups in total. The summed E-state index contributed by atoms with van der Waals surface area (Å²) in [5.41, 5.74) is 5.39. The monoisotopic (exact) mass is 290 g/mol. The predicted molar refractivity (Wildman–Crippen MR) is 78.3 cm³/mol. The molecule has 1 rings (SSSR count). The van der Waals surface area contributed by atoms with E-state index in [1.807, 2.05) is 13.2 Å². The fourth-order valence-corrected chi connectivity index (χ4v) is 2.41. The minimum absolute atomic E-state index is 0.0639. The first-order valence-corrected chi connectivity index (χ1v) is 7.34. The third-order valence-corrected chi connectivity index (χ3v) is 3.52. The Kier molecular flexibility index (Phi) is 5.81. The van der Waals surface area contributed by atoms with Gasteiger partial charge in [-0.25, -0.2) is 8.78 Å². The Bertz CT molecular complexity index is 438. The number of nitrogens with one attached hydrogen (secondary N) is 1. The van der Waals surface area contributed by atoms with Gasteiger partial charge in [0.25, 0.3) is 0 Å². The maximum absolute atomic E-state index is 13.8. The van der Waals surface area contributed by atoms with Crippen molar-refractivity contribution in [1.82, 2.24) is 0 Å². The van der Waals surface area contributed by atoms with Crippen molar-refractivity contribution in [3.8, 4) is 0 Å². The molecule has 0 saturated heterocycles. The summed E-state index contributed by atoms with van der Waals surface area (Å²) < 4.78 is 27.5. The lowest BCUT2D eigenvalue weighted by Crippen LogP contribution is -2.22. The first-order valence-electron chi connectivity index (χ1n) is 5.54. The van der Waals surface area contributed by atoms with Gasteiger partial charge >= 0.3 is 0 Å². The van der Waals surface area contributed by atoms with Crippen LogP contribution in [0.25, 0.3) is 0 Å². The molecule has 6 heteroatoms. The molecular weight excluding hydrogens is 274 g/mol. The molecule has 2 nitrogen and oxygen atoms in total. The van der Waals surface area contributed by atoms with Crippen molar-refractivity contribution in [1.29, 1.82) is 0 Å². The van der Waals surface area contributed by atoms with Crippen molar-refractivity contribution in [2.24, 2.45) is 5.73 Å². The number of hydrogen-bond acceptors (Lipinski definition) is 3. The Balaban J connectivity index is 2.98. The summed E-state index contributed by atoms with van der Waals surface area (Å²) in [6.07, 6.45) is 2.80. The lowest BCUT2D eigenvalue weighted by molar-refractivity contribution is 0.508. The van der Waals surface area contributed by atoms with Gasteiger partial charge in [0.2, 0.25) is 0 Å². The molecule has 0 amide bonds. The minimum atomic E-state index is -0.994. The van der Waals surface area contributed by atoms with E-state index in [1.54, 1.807) is 11.8 Å². The number of nitrogens with two attached hydrogens (primary N) is 1. The van der Waals surface area contributed by atoms with Crippen molar-refractivity contribution < 1.29 is 8.78 Å². The van der Waals surface area contributed by atoms with E-state index in [1.165, 1.54) is 12.1 Å². The zero-order valence-electron chi connectivity index (χ0n) is 10.3. The molecule has 0 heterocycles. The van der Waals surface area contributed by atoms with Gasteiger partial charge in [-0.3, -0.25) is 0 Å². The summed E-state index contributed by atoms with van der Waals surface area (Å²) in [5.74, 6) is -1.10. The Hall–Kier alpha value is -0.880. The van der Waals surface area contributed by atoms with Crippen LogP contribution in [-0.2, 0) is 0 Å². The number of thiocarbonyl (C=S) groups is 1. The van der Waals surface area contributed by atoms with Gasteiger partial charge in [-0.2, -0.15) is 11.8 Å². The van der Waals surface area contributed by atoms with Crippen LogP contribution in [0.1, 0.15) is 18.9 Å². The molecule has 0 saturated carbocycles. The standard InChI is InChI=1S/C12H16F2N2S2/c1-3-7(6-18-2)16-9-5-4-8(12(15)17)10(13)11(9)14/h4-5,7,16H,3,6H2,1-2H3,(H2,15,17). The molecule has 0 aliphatic heterocycles. The lowest BCUT2D eigenvalue weighted by Gasteiger charge is -2.18. The van der Waals surface area contributed by atoms with Crippen molar-refractivity contribution in [3.63, 3.8) is 0 Å². The largest absolute Gasteiger partial charge is 0.389 e. The van der Waals surface area contributed by atoms with E-state index in [9.17, 15) is 8.78 Å². The van der Waals surface area contributed by atoms with Crippen LogP contribution in [0, 0.1) is 11.6 Å². The Morgan fingerprint density at radius 1 is 1.44 bits per heavy atom. The van der Waals surface area contributed by atoms with E-state index in [4.69, 9.17) is 5.73 Å². The second-order valence-electron chi connectivity index (χ2n) is 3.86. The predicted octanol–water partition coefficient (Wildman–Crippen LogP) is 3.15. The van der Waals surface area contributed by atoms with Crippen LogP contribution in [-0.4, -0.2) is 23.0 Å². The van der Waals surface area contributed by atoms with Crippen LogP contribution in [0.15, 0.2) is 12.1 Å². The van der Waals surface area contributed by atoms with Crippen LogP contribution in [0.2, 0.25) is 0 Å². The molecule has 0 aliphatic rings. The van der Waals surface area contributed by atoms with E-state index in [-0.39, 0.29) is 22.3 Å². The third-order valence-electron chi connectivity index (χ3n) is 2.57. The van der Waals surface area contributed by atoms with Gasteiger partial charge < -0.3 is 11.1 Å². The summed E-state index contributed by atoms with van der Waals surface area (Å²) in [7, 11) is 0. The average Bonchev–Trinajstić information content (AvgIpc) is 2.33. The summed E-state index contributed by atoms with van der Waals surface area (Å²) in [4.78, 5) is -0.144. The van der Waals surface area contributed by atoms with Gasteiger partial charge in [0.05, 0.1) is 5.69 Å². The lowest BCUT2D eigenvalue weighted by atomic mass is 10.1. The Morgan fingerprint density at radius 3 is 2.61 bits per heavy atom. The first-order chi connectivity index (χ1) is 8.51. The molecule has 1 unspecified atom stereocenters. The number of thioether (sulfide) groups is 1. The van der Waals surface area contributed by atoms with E-state index < -0.39 is 11.6 Å². The van der Waals surface area contributed by atoms with Crippen LogP contribution in [0.3, 0.4) is 0 Å². The molecule has 18 heavy (non-hydrogen) atoms. The SMILES string of the molecule is CCC(CSC)Nc1ccc(C(N)=S)c(F)c1F. The number of halogens is 2. The molecule has 0 aliphatic carbocycles. The van der Waals surface area contributed by atoms with Crippen molar-refractivity contribution in [3.05, 3.63) is 29.3 Å². The van der Waals surface area contributed by atoms with E-state index >= 15 is 0 Å². The zero-order valence-corrected chi connectivity index (χ0v) is 11.9. The molecular formula is C12H16F2N2S2. The number of anilines is 1. The maximum atomic E-state index is 13.8. The summed E-state index contributed by atoms with van der Waals surface area (Å²) >= 11 is 6.30. The van der Waals surface area contributed by atoms with E-state index in [0.717, 1.165) is 12.2 Å². The average molecular weight is 290 g/mol. The molecule has 1 aromatic rings. The van der Waals surface area contributed by atoms with Crippen LogP contribution in [0.4, 0.5) is 14.5 Å². The van der Waals surface area contributed by atoms with Crippen LogP contribution >= 0.6 is 24.0 Å². The summed E-state index contributed by atoms with van der Waals surface area (Å²) in [6.45, 7) is 1.99. The highest BCUT2D eigenvalue weighted by Crippen LogP contribution is 2.22. The summed E-state index contributed by atoms with van der Waals surface area (Å²) in [6, 6.07) is 2.97. The topological polar surface area (TPSA) is 38.0 Å². The maximum Gasteiger partial charge on any atom is 0.182 e. The highest BCUT2D eigenvalue weighted by Gasteiger charge is 2.16. The van der Waals surface area contributed by atoms with Crippen molar-refractivity contribution in [2.45, 2.75) is 19.4 Å². The molecule has 1 aromatic carbocycles. The van der Waals surface area contributed by atoms with Gasteiger partial charge in [-0.05, 0) is 24.8 Å². The first kappa shape index (κ1) is 15.2. The number of hydrogen-bond donors (Lipinski definition) is 2. The number of benzene rings is 1. The molecule has 0 bridgehead atoms. The Labute approximate surface area is 115 Å². The van der Waals surface area contributed by atoms with Crippen molar-refractivity contribution in [2.75, 3.05) is 17.3 Å².